The Hall–Kier alpha value is -1.42. The van der Waals surface area contributed by atoms with Crippen molar-refractivity contribution in [1.29, 1.82) is 0 Å². The quantitative estimate of drug-likeness (QED) is 0.653. The van der Waals surface area contributed by atoms with Crippen LogP contribution in [0.2, 0.25) is 5.02 Å². The topological polar surface area (TPSA) is 38.0 Å². The Morgan fingerprint density at radius 2 is 1.90 bits per heavy atom. The number of halogens is 2. The highest BCUT2D eigenvalue weighted by molar-refractivity contribution is 6.31. The van der Waals surface area contributed by atoms with Crippen LogP contribution in [0.4, 0.5) is 4.39 Å². The highest BCUT2D eigenvalue weighted by Gasteiger charge is 2.26. The van der Waals surface area contributed by atoms with Crippen LogP contribution in [0.3, 0.4) is 0 Å². The van der Waals surface area contributed by atoms with Crippen molar-refractivity contribution in [1.82, 2.24) is 5.43 Å². The molecule has 0 saturated heterocycles. The van der Waals surface area contributed by atoms with E-state index < -0.39 is 0 Å². The normalized spacial score (nSPS) is 16.5. The van der Waals surface area contributed by atoms with Gasteiger partial charge in [0.2, 0.25) is 0 Å². The molecule has 2 aromatic carbocycles. The van der Waals surface area contributed by atoms with Crippen LogP contribution < -0.4 is 11.3 Å². The molecule has 0 spiro atoms. The zero-order valence-corrected chi connectivity index (χ0v) is 12.4. The van der Waals surface area contributed by atoms with Crippen LogP contribution in [0.1, 0.15) is 47.9 Å². The van der Waals surface area contributed by atoms with Crippen molar-refractivity contribution in [2.24, 2.45) is 5.84 Å². The van der Waals surface area contributed by atoms with Gasteiger partial charge >= 0.3 is 0 Å². The number of nitrogens with one attached hydrogen (secondary N) is 1. The van der Waals surface area contributed by atoms with E-state index in [-0.39, 0.29) is 11.9 Å². The van der Waals surface area contributed by atoms with Crippen LogP contribution in [-0.4, -0.2) is 0 Å². The SMILES string of the molecule is NNC(c1ccc(F)cc1Cl)c1ccccc1C1CCC1. The predicted octanol–water partition coefficient (Wildman–Crippen LogP) is 4.30. The Morgan fingerprint density at radius 3 is 2.52 bits per heavy atom. The van der Waals surface area contributed by atoms with Gasteiger partial charge in [-0.3, -0.25) is 5.84 Å². The van der Waals surface area contributed by atoms with Gasteiger partial charge in [0.25, 0.3) is 0 Å². The van der Waals surface area contributed by atoms with Crippen molar-refractivity contribution < 1.29 is 4.39 Å². The highest BCUT2D eigenvalue weighted by Crippen LogP contribution is 2.41. The molecule has 1 unspecified atom stereocenters. The van der Waals surface area contributed by atoms with Crippen molar-refractivity contribution in [3.8, 4) is 0 Å². The fourth-order valence-electron chi connectivity index (χ4n) is 2.95. The molecule has 1 fully saturated rings. The van der Waals surface area contributed by atoms with E-state index in [1.165, 1.54) is 37.0 Å². The molecular weight excluding hydrogens is 287 g/mol. The number of hydrogen-bond acceptors (Lipinski definition) is 2. The first-order valence-corrected chi connectivity index (χ1v) is 7.58. The fourth-order valence-corrected chi connectivity index (χ4v) is 3.22. The summed E-state index contributed by atoms with van der Waals surface area (Å²) in [5.74, 6) is 6.02. The molecule has 2 aromatic rings. The standard InChI is InChI=1S/C17H18ClFN2/c18-16-10-12(19)8-9-15(16)17(21-20)14-7-2-1-6-13(14)11-4-3-5-11/h1-2,6-11,17,21H,3-5,20H2. The minimum Gasteiger partial charge on any atom is -0.271 e. The van der Waals surface area contributed by atoms with Gasteiger partial charge in [0.05, 0.1) is 6.04 Å². The highest BCUT2D eigenvalue weighted by atomic mass is 35.5. The van der Waals surface area contributed by atoms with Crippen molar-refractivity contribution in [3.63, 3.8) is 0 Å². The maximum Gasteiger partial charge on any atom is 0.124 e. The van der Waals surface area contributed by atoms with E-state index >= 15 is 0 Å². The molecule has 3 rings (SSSR count). The predicted molar refractivity (Wildman–Crippen MR) is 83.6 cm³/mol. The molecule has 4 heteroatoms. The van der Waals surface area contributed by atoms with E-state index in [2.05, 4.69) is 23.6 Å². The summed E-state index contributed by atoms with van der Waals surface area (Å²) in [7, 11) is 0. The number of benzene rings is 2. The molecule has 1 aliphatic carbocycles. The second-order valence-electron chi connectivity index (χ2n) is 5.52. The lowest BCUT2D eigenvalue weighted by Crippen LogP contribution is -2.30. The molecule has 0 heterocycles. The average Bonchev–Trinajstić information content (AvgIpc) is 2.41. The molecule has 3 N–H and O–H groups in total. The Bertz CT molecular complexity index is 640. The lowest BCUT2D eigenvalue weighted by Gasteiger charge is -2.30. The third kappa shape index (κ3) is 2.82. The summed E-state index contributed by atoms with van der Waals surface area (Å²) in [6.07, 6.45) is 3.70. The van der Waals surface area contributed by atoms with Crippen LogP contribution in [0.5, 0.6) is 0 Å². The van der Waals surface area contributed by atoms with Gasteiger partial charge in [-0.15, -0.1) is 0 Å². The van der Waals surface area contributed by atoms with Gasteiger partial charge in [0.1, 0.15) is 5.82 Å². The number of hydrogen-bond donors (Lipinski definition) is 2. The van der Waals surface area contributed by atoms with Gasteiger partial charge in [0, 0.05) is 5.02 Å². The van der Waals surface area contributed by atoms with Crippen LogP contribution in [-0.2, 0) is 0 Å². The molecule has 0 amide bonds. The molecule has 0 aromatic heterocycles. The molecule has 0 aliphatic heterocycles. The largest absolute Gasteiger partial charge is 0.271 e. The summed E-state index contributed by atoms with van der Waals surface area (Å²) >= 11 is 6.20. The first-order chi connectivity index (χ1) is 10.2. The third-order valence-corrected chi connectivity index (χ3v) is 4.62. The van der Waals surface area contributed by atoms with Crippen LogP contribution >= 0.6 is 11.6 Å². The van der Waals surface area contributed by atoms with E-state index in [1.807, 2.05) is 6.07 Å². The monoisotopic (exact) mass is 304 g/mol. The molecule has 1 aliphatic rings. The van der Waals surface area contributed by atoms with Crippen LogP contribution in [0.25, 0.3) is 0 Å². The van der Waals surface area contributed by atoms with E-state index in [0.717, 1.165) is 11.1 Å². The van der Waals surface area contributed by atoms with Crippen molar-refractivity contribution in [2.75, 3.05) is 0 Å². The smallest absolute Gasteiger partial charge is 0.124 e. The zero-order valence-electron chi connectivity index (χ0n) is 11.7. The first kappa shape index (κ1) is 14.5. The Kier molecular flexibility index (Phi) is 4.24. The molecule has 0 bridgehead atoms. The molecule has 110 valence electrons. The van der Waals surface area contributed by atoms with Crippen molar-refractivity contribution in [2.45, 2.75) is 31.2 Å². The summed E-state index contributed by atoms with van der Waals surface area (Å²) in [5, 5.41) is 0.390. The van der Waals surface area contributed by atoms with E-state index in [1.54, 1.807) is 6.07 Å². The van der Waals surface area contributed by atoms with Gasteiger partial charge in [0.15, 0.2) is 0 Å². The Morgan fingerprint density at radius 1 is 1.14 bits per heavy atom. The molecule has 0 radical (unpaired) electrons. The maximum atomic E-state index is 13.3. The lowest BCUT2D eigenvalue weighted by atomic mass is 9.76. The van der Waals surface area contributed by atoms with Crippen LogP contribution in [0.15, 0.2) is 42.5 Å². The van der Waals surface area contributed by atoms with Gasteiger partial charge in [-0.2, -0.15) is 0 Å². The summed E-state index contributed by atoms with van der Waals surface area (Å²) in [4.78, 5) is 0. The molecule has 21 heavy (non-hydrogen) atoms. The van der Waals surface area contributed by atoms with E-state index in [4.69, 9.17) is 17.4 Å². The lowest BCUT2D eigenvalue weighted by molar-refractivity contribution is 0.414. The van der Waals surface area contributed by atoms with Gasteiger partial charge < -0.3 is 0 Å². The molecular formula is C17H18ClFN2. The third-order valence-electron chi connectivity index (χ3n) is 4.29. The minimum absolute atomic E-state index is 0.227. The second-order valence-corrected chi connectivity index (χ2v) is 5.93. The van der Waals surface area contributed by atoms with Crippen LogP contribution in [0, 0.1) is 5.82 Å². The Labute approximate surface area is 129 Å². The second kappa shape index (κ2) is 6.14. The summed E-state index contributed by atoms with van der Waals surface area (Å²) < 4.78 is 13.3. The first-order valence-electron chi connectivity index (χ1n) is 7.20. The summed E-state index contributed by atoms with van der Waals surface area (Å²) in [5.41, 5.74) is 6.07. The minimum atomic E-state index is -0.341. The number of rotatable bonds is 4. The van der Waals surface area contributed by atoms with Gasteiger partial charge in [-0.05, 0) is 47.6 Å². The fraction of sp³-hybridized carbons (Fsp3) is 0.294. The number of nitrogens with two attached hydrogens (primary N) is 1. The van der Waals surface area contributed by atoms with Gasteiger partial charge in [-0.1, -0.05) is 48.4 Å². The van der Waals surface area contributed by atoms with E-state index in [0.29, 0.717) is 10.9 Å². The van der Waals surface area contributed by atoms with E-state index in [9.17, 15) is 4.39 Å². The molecule has 2 nitrogen and oxygen atoms in total. The molecule has 1 atom stereocenters. The summed E-state index contributed by atoms with van der Waals surface area (Å²) in [6, 6.07) is 12.5. The average molecular weight is 305 g/mol. The zero-order chi connectivity index (χ0) is 14.8. The van der Waals surface area contributed by atoms with Crippen molar-refractivity contribution >= 4 is 11.6 Å². The summed E-state index contributed by atoms with van der Waals surface area (Å²) in [6.45, 7) is 0. The molecule has 1 saturated carbocycles. The number of hydrazine groups is 1. The Balaban J connectivity index is 2.03. The van der Waals surface area contributed by atoms with Gasteiger partial charge in [-0.25, -0.2) is 9.82 Å². The maximum absolute atomic E-state index is 13.3. The van der Waals surface area contributed by atoms with Crippen molar-refractivity contribution in [3.05, 3.63) is 70.0 Å².